The van der Waals surface area contributed by atoms with Gasteiger partial charge in [0.05, 0.1) is 0 Å². The van der Waals surface area contributed by atoms with Crippen molar-refractivity contribution in [3.63, 3.8) is 0 Å². The van der Waals surface area contributed by atoms with Gasteiger partial charge in [-0.05, 0) is 30.3 Å². The highest BCUT2D eigenvalue weighted by Gasteiger charge is 2.14. The van der Waals surface area contributed by atoms with E-state index in [4.69, 9.17) is 32.7 Å². The van der Waals surface area contributed by atoms with E-state index < -0.39 is 11.8 Å². The van der Waals surface area contributed by atoms with E-state index >= 15 is 0 Å². The maximum absolute atomic E-state index is 12.0. The van der Waals surface area contributed by atoms with Crippen LogP contribution in [0.15, 0.2) is 36.4 Å². The van der Waals surface area contributed by atoms with E-state index in [-0.39, 0.29) is 6.42 Å². The number of anilines is 2. The summed E-state index contributed by atoms with van der Waals surface area (Å²) in [4.78, 5) is 24.0. The monoisotopic (exact) mass is 380 g/mol. The van der Waals surface area contributed by atoms with Crippen molar-refractivity contribution in [3.8, 4) is 11.5 Å². The van der Waals surface area contributed by atoms with Crippen molar-refractivity contribution < 1.29 is 19.1 Å². The highest BCUT2D eigenvalue weighted by atomic mass is 35.5. The van der Waals surface area contributed by atoms with Crippen LogP contribution in [0.5, 0.6) is 11.5 Å². The molecule has 0 aliphatic carbocycles. The molecule has 25 heavy (non-hydrogen) atoms. The Labute approximate surface area is 154 Å². The van der Waals surface area contributed by atoms with Crippen molar-refractivity contribution in [2.75, 3.05) is 23.8 Å². The number of hydrogen-bond acceptors (Lipinski definition) is 4. The number of halogens is 2. The molecule has 1 aliphatic heterocycles. The fraction of sp³-hybridized carbons (Fsp3) is 0.176. The zero-order chi connectivity index (χ0) is 17.8. The molecule has 2 amide bonds. The van der Waals surface area contributed by atoms with Gasteiger partial charge in [0.15, 0.2) is 11.5 Å². The Hall–Kier alpha value is -2.44. The topological polar surface area (TPSA) is 76.7 Å². The smallest absolute Gasteiger partial charge is 0.233 e. The number of fused-ring (bicyclic) bond motifs is 1. The second-order valence-corrected chi connectivity index (χ2v) is 6.16. The van der Waals surface area contributed by atoms with Crippen molar-refractivity contribution in [1.29, 1.82) is 0 Å². The Morgan fingerprint density at radius 3 is 2.12 bits per heavy atom. The molecule has 3 rings (SSSR count). The number of hydrogen-bond donors (Lipinski definition) is 2. The molecule has 2 aromatic rings. The van der Waals surface area contributed by atoms with Crippen LogP contribution in [0.2, 0.25) is 10.0 Å². The molecule has 0 saturated carbocycles. The molecule has 6 nitrogen and oxygen atoms in total. The summed E-state index contributed by atoms with van der Waals surface area (Å²) in [6.07, 6.45) is -0.349. The molecule has 0 radical (unpaired) electrons. The van der Waals surface area contributed by atoms with Gasteiger partial charge in [-0.15, -0.1) is 0 Å². The van der Waals surface area contributed by atoms with Crippen molar-refractivity contribution in [1.82, 2.24) is 0 Å². The first kappa shape index (κ1) is 17.4. The third-order valence-electron chi connectivity index (χ3n) is 3.29. The number of ether oxygens (including phenoxy) is 2. The van der Waals surface area contributed by atoms with Crippen LogP contribution in [-0.4, -0.2) is 25.0 Å². The van der Waals surface area contributed by atoms with Crippen LogP contribution in [0.4, 0.5) is 11.4 Å². The number of nitrogens with one attached hydrogen (secondary N) is 2. The summed E-state index contributed by atoms with van der Waals surface area (Å²) in [6, 6.07) is 9.68. The number of carbonyl (C=O) groups is 2. The minimum Gasteiger partial charge on any atom is -0.486 e. The molecule has 1 heterocycles. The molecule has 0 saturated heterocycles. The number of rotatable bonds is 4. The number of benzene rings is 2. The molecule has 1 aliphatic rings. The Kier molecular flexibility index (Phi) is 5.31. The van der Waals surface area contributed by atoms with Crippen LogP contribution in [0.3, 0.4) is 0 Å². The highest BCUT2D eigenvalue weighted by Crippen LogP contribution is 2.32. The average Bonchev–Trinajstić information content (AvgIpc) is 2.53. The summed E-state index contributed by atoms with van der Waals surface area (Å²) < 4.78 is 10.9. The van der Waals surface area contributed by atoms with Gasteiger partial charge in [-0.2, -0.15) is 0 Å². The summed E-state index contributed by atoms with van der Waals surface area (Å²) in [6.45, 7) is 0.946. The third-order valence-corrected chi connectivity index (χ3v) is 3.73. The normalized spacial score (nSPS) is 12.4. The largest absolute Gasteiger partial charge is 0.486 e. The minimum absolute atomic E-state index is 0.349. The van der Waals surface area contributed by atoms with Gasteiger partial charge >= 0.3 is 0 Å². The molecule has 0 spiro atoms. The van der Waals surface area contributed by atoms with Crippen LogP contribution in [0.1, 0.15) is 6.42 Å². The van der Waals surface area contributed by atoms with Crippen LogP contribution in [0, 0.1) is 0 Å². The van der Waals surface area contributed by atoms with Gasteiger partial charge in [0.25, 0.3) is 0 Å². The Balaban J connectivity index is 1.57. The second-order valence-electron chi connectivity index (χ2n) is 5.29. The molecule has 0 fully saturated rings. The first-order valence-corrected chi connectivity index (χ1v) is 8.20. The quantitative estimate of drug-likeness (QED) is 0.792. The van der Waals surface area contributed by atoms with Crippen molar-refractivity contribution in [2.24, 2.45) is 0 Å². The third kappa shape index (κ3) is 4.78. The standard InChI is InChI=1S/C17H14Cl2N2O4/c18-10-5-11(19)7-13(6-10)21-17(23)9-16(22)20-12-1-2-14-15(8-12)25-4-3-24-14/h1-2,5-8H,3-4,9H2,(H,20,22)(H,21,23). The molecule has 2 N–H and O–H groups in total. The van der Waals surface area contributed by atoms with E-state index in [1.807, 2.05) is 0 Å². The van der Waals surface area contributed by atoms with Crippen LogP contribution >= 0.6 is 23.2 Å². The van der Waals surface area contributed by atoms with E-state index in [0.29, 0.717) is 46.1 Å². The molecule has 0 aromatic heterocycles. The molecule has 130 valence electrons. The Morgan fingerprint density at radius 2 is 1.44 bits per heavy atom. The van der Waals surface area contributed by atoms with Crippen molar-refractivity contribution >= 4 is 46.4 Å². The Bertz CT molecular complexity index is 806. The molecule has 0 atom stereocenters. The predicted molar refractivity (Wildman–Crippen MR) is 95.8 cm³/mol. The lowest BCUT2D eigenvalue weighted by atomic mass is 10.2. The van der Waals surface area contributed by atoms with Crippen LogP contribution in [0.25, 0.3) is 0 Å². The molecule has 0 bridgehead atoms. The molecular formula is C17H14Cl2N2O4. The maximum atomic E-state index is 12.0. The van der Waals surface area contributed by atoms with E-state index in [2.05, 4.69) is 10.6 Å². The van der Waals surface area contributed by atoms with E-state index in [0.717, 1.165) is 0 Å². The first-order chi connectivity index (χ1) is 12.0. The van der Waals surface area contributed by atoms with Gasteiger partial charge in [-0.1, -0.05) is 23.2 Å². The van der Waals surface area contributed by atoms with Crippen LogP contribution < -0.4 is 20.1 Å². The average molecular weight is 381 g/mol. The van der Waals surface area contributed by atoms with Gasteiger partial charge in [0.2, 0.25) is 11.8 Å². The van der Waals surface area contributed by atoms with E-state index in [1.54, 1.807) is 36.4 Å². The summed E-state index contributed by atoms with van der Waals surface area (Å²) in [7, 11) is 0. The van der Waals surface area contributed by atoms with Gasteiger partial charge in [-0.25, -0.2) is 0 Å². The van der Waals surface area contributed by atoms with Gasteiger partial charge in [0, 0.05) is 27.5 Å². The Morgan fingerprint density at radius 1 is 0.840 bits per heavy atom. The minimum atomic E-state index is -0.478. The molecule has 0 unspecified atom stereocenters. The first-order valence-electron chi connectivity index (χ1n) is 7.45. The summed E-state index contributed by atoms with van der Waals surface area (Å²) in [5.74, 6) is 0.248. The van der Waals surface area contributed by atoms with Crippen molar-refractivity contribution in [3.05, 3.63) is 46.4 Å². The van der Waals surface area contributed by atoms with E-state index in [9.17, 15) is 9.59 Å². The number of carbonyl (C=O) groups excluding carboxylic acids is 2. The lowest BCUT2D eigenvalue weighted by molar-refractivity contribution is -0.123. The van der Waals surface area contributed by atoms with Gasteiger partial charge < -0.3 is 20.1 Å². The lowest BCUT2D eigenvalue weighted by Crippen LogP contribution is -2.21. The fourth-order valence-electron chi connectivity index (χ4n) is 2.30. The van der Waals surface area contributed by atoms with E-state index in [1.165, 1.54) is 0 Å². The highest BCUT2D eigenvalue weighted by molar-refractivity contribution is 6.35. The molecular weight excluding hydrogens is 367 g/mol. The SMILES string of the molecule is O=C(CC(=O)Nc1ccc2c(c1)OCCO2)Nc1cc(Cl)cc(Cl)c1. The molecule has 8 heteroatoms. The van der Waals surface area contributed by atoms with Crippen molar-refractivity contribution in [2.45, 2.75) is 6.42 Å². The summed E-state index contributed by atoms with van der Waals surface area (Å²) >= 11 is 11.7. The maximum Gasteiger partial charge on any atom is 0.233 e. The zero-order valence-corrected chi connectivity index (χ0v) is 14.5. The lowest BCUT2D eigenvalue weighted by Gasteiger charge is -2.19. The zero-order valence-electron chi connectivity index (χ0n) is 13.0. The predicted octanol–water partition coefficient (Wildman–Crippen LogP) is 3.73. The van der Waals surface area contributed by atoms with Crippen LogP contribution in [-0.2, 0) is 9.59 Å². The van der Waals surface area contributed by atoms with Gasteiger partial charge in [-0.3, -0.25) is 9.59 Å². The summed E-state index contributed by atoms with van der Waals surface area (Å²) in [5, 5.41) is 6.01. The number of amides is 2. The fourth-order valence-corrected chi connectivity index (χ4v) is 2.83. The van der Waals surface area contributed by atoms with Gasteiger partial charge in [0.1, 0.15) is 19.6 Å². The molecule has 2 aromatic carbocycles. The summed E-state index contributed by atoms with van der Waals surface area (Å²) in [5.41, 5.74) is 0.947. The second kappa shape index (κ2) is 7.63.